The lowest BCUT2D eigenvalue weighted by atomic mass is 9.90. The summed E-state index contributed by atoms with van der Waals surface area (Å²) in [5, 5.41) is 3.89. The summed E-state index contributed by atoms with van der Waals surface area (Å²) in [6.45, 7) is 5.32. The number of Topliss-reactive ketones (excluding diaryl/α,β-unsaturated/α-hetero) is 1. The first-order valence-electron chi connectivity index (χ1n) is 11.8. The minimum absolute atomic E-state index is 0.0733. The van der Waals surface area contributed by atoms with E-state index < -0.39 is 11.9 Å². The van der Waals surface area contributed by atoms with Crippen molar-refractivity contribution in [1.29, 1.82) is 0 Å². The maximum absolute atomic E-state index is 13.0. The van der Waals surface area contributed by atoms with Crippen LogP contribution >= 0.6 is 15.9 Å². The molecule has 0 aliphatic heterocycles. The van der Waals surface area contributed by atoms with E-state index in [0.29, 0.717) is 34.6 Å². The molecular weight excluding hydrogens is 542 g/mol. The summed E-state index contributed by atoms with van der Waals surface area (Å²) in [7, 11) is 2.82. The van der Waals surface area contributed by atoms with Gasteiger partial charge in [0.05, 0.1) is 25.7 Å². The first-order valence-corrected chi connectivity index (χ1v) is 12.6. The van der Waals surface area contributed by atoms with Crippen molar-refractivity contribution in [2.75, 3.05) is 19.5 Å². The summed E-state index contributed by atoms with van der Waals surface area (Å²) < 4.78 is 16.4. The lowest BCUT2D eigenvalue weighted by molar-refractivity contribution is -0.147. The Hall–Kier alpha value is -3.53. The number of nitrogens with one attached hydrogen (secondary N) is 1. The van der Waals surface area contributed by atoms with Gasteiger partial charge < -0.3 is 19.5 Å². The van der Waals surface area contributed by atoms with Crippen LogP contribution in [0.4, 0.5) is 11.5 Å². The van der Waals surface area contributed by atoms with E-state index in [1.165, 1.54) is 27.5 Å². The van der Waals surface area contributed by atoms with Crippen molar-refractivity contribution in [3.05, 3.63) is 46.7 Å². The molecular formula is C27H30BrN3O6. The van der Waals surface area contributed by atoms with Gasteiger partial charge in [-0.3, -0.25) is 14.4 Å². The predicted molar refractivity (Wildman–Crippen MR) is 143 cm³/mol. The number of carbonyl (C=O) groups excluding carboxylic acids is 3. The van der Waals surface area contributed by atoms with Gasteiger partial charge in [0.1, 0.15) is 17.9 Å². The van der Waals surface area contributed by atoms with Crippen molar-refractivity contribution in [2.24, 2.45) is 11.8 Å². The third kappa shape index (κ3) is 7.48. The maximum Gasteiger partial charge on any atom is 0.309 e. The average Bonchev–Trinajstić information content (AvgIpc) is 2.84. The number of esters is 2. The standard InChI is InChI=1S/C27H30BrN3O6/c1-15(2)8-18(27(34)36-5)10-20(33)9-17-6-7-19(28)11-22(17)31-26-21-12-25(37-16(3)32)24(35-4)13-23(21)29-14-30-26/h6-7,11-15,18H,8-10H2,1-5H3,(H,29,30,31)/t18-/m1/s1. The minimum Gasteiger partial charge on any atom is -0.493 e. The molecule has 10 heteroatoms. The van der Waals surface area contributed by atoms with Gasteiger partial charge in [-0.25, -0.2) is 9.97 Å². The summed E-state index contributed by atoms with van der Waals surface area (Å²) in [4.78, 5) is 45.5. The van der Waals surface area contributed by atoms with Gasteiger partial charge in [0.15, 0.2) is 11.5 Å². The first-order chi connectivity index (χ1) is 17.6. The highest BCUT2D eigenvalue weighted by molar-refractivity contribution is 9.10. The number of fused-ring (bicyclic) bond motifs is 1. The predicted octanol–water partition coefficient (Wildman–Crippen LogP) is 5.41. The van der Waals surface area contributed by atoms with Gasteiger partial charge in [-0.2, -0.15) is 0 Å². The fraction of sp³-hybridized carbons (Fsp3) is 0.370. The highest BCUT2D eigenvalue weighted by Crippen LogP contribution is 2.36. The summed E-state index contributed by atoms with van der Waals surface area (Å²) >= 11 is 3.49. The molecule has 1 N–H and O–H groups in total. The third-order valence-electron chi connectivity index (χ3n) is 5.65. The Morgan fingerprint density at radius 2 is 1.81 bits per heavy atom. The van der Waals surface area contributed by atoms with E-state index in [0.717, 1.165) is 10.0 Å². The van der Waals surface area contributed by atoms with E-state index in [1.54, 1.807) is 12.1 Å². The molecule has 0 fully saturated rings. The van der Waals surface area contributed by atoms with Crippen LogP contribution in [0, 0.1) is 11.8 Å². The van der Waals surface area contributed by atoms with Gasteiger partial charge in [0.2, 0.25) is 0 Å². The fourth-order valence-electron chi connectivity index (χ4n) is 4.06. The molecule has 0 amide bonds. The zero-order valence-corrected chi connectivity index (χ0v) is 23.0. The van der Waals surface area contributed by atoms with Gasteiger partial charge in [0, 0.05) is 41.4 Å². The number of nitrogens with zero attached hydrogens (tertiary/aromatic N) is 2. The Bertz CT molecular complexity index is 1310. The Kier molecular flexibility index (Phi) is 9.57. The summed E-state index contributed by atoms with van der Waals surface area (Å²) in [5.41, 5.74) is 1.97. The van der Waals surface area contributed by atoms with Crippen LogP contribution < -0.4 is 14.8 Å². The molecule has 0 spiro atoms. The van der Waals surface area contributed by atoms with Gasteiger partial charge in [-0.1, -0.05) is 35.8 Å². The van der Waals surface area contributed by atoms with Crippen LogP contribution in [0.2, 0.25) is 0 Å². The zero-order chi connectivity index (χ0) is 27.1. The van der Waals surface area contributed by atoms with E-state index in [-0.39, 0.29) is 36.3 Å². The average molecular weight is 572 g/mol. The number of carbonyl (C=O) groups is 3. The quantitative estimate of drug-likeness (QED) is 0.238. The Balaban J connectivity index is 1.93. The number of anilines is 2. The van der Waals surface area contributed by atoms with Crippen LogP contribution in [0.5, 0.6) is 11.5 Å². The molecule has 0 unspecified atom stereocenters. The summed E-state index contributed by atoms with van der Waals surface area (Å²) in [6.07, 6.45) is 2.20. The third-order valence-corrected chi connectivity index (χ3v) is 6.14. The molecule has 0 aliphatic carbocycles. The molecule has 9 nitrogen and oxygen atoms in total. The molecule has 0 saturated heterocycles. The SMILES string of the molecule is COC(=O)[C@@H](CC(=O)Cc1ccc(Br)cc1Nc1ncnc2cc(OC)c(OC(C)=O)cc12)CC(C)C. The molecule has 0 radical (unpaired) electrons. The van der Waals surface area contributed by atoms with E-state index in [9.17, 15) is 14.4 Å². The zero-order valence-electron chi connectivity index (χ0n) is 21.5. The molecule has 3 rings (SSSR count). The second kappa shape index (κ2) is 12.6. The van der Waals surface area contributed by atoms with Crippen LogP contribution in [-0.4, -0.2) is 41.9 Å². The van der Waals surface area contributed by atoms with Crippen molar-refractivity contribution in [3.63, 3.8) is 0 Å². The monoisotopic (exact) mass is 571 g/mol. The number of halogens is 1. The lowest BCUT2D eigenvalue weighted by Crippen LogP contribution is -2.22. The topological polar surface area (TPSA) is 117 Å². The molecule has 196 valence electrons. The van der Waals surface area contributed by atoms with E-state index in [1.807, 2.05) is 32.0 Å². The molecule has 3 aromatic rings. The molecule has 0 saturated carbocycles. The van der Waals surface area contributed by atoms with Crippen molar-refractivity contribution in [3.8, 4) is 11.5 Å². The van der Waals surface area contributed by atoms with E-state index in [2.05, 4.69) is 31.2 Å². The maximum atomic E-state index is 13.0. The second-order valence-electron chi connectivity index (χ2n) is 9.03. The molecule has 0 aliphatic rings. The molecule has 0 bridgehead atoms. The molecule has 37 heavy (non-hydrogen) atoms. The smallest absolute Gasteiger partial charge is 0.309 e. The Morgan fingerprint density at radius 1 is 1.05 bits per heavy atom. The molecule has 2 aromatic carbocycles. The number of hydrogen-bond acceptors (Lipinski definition) is 9. The molecule has 1 atom stereocenters. The first kappa shape index (κ1) is 28.0. The lowest BCUT2D eigenvalue weighted by Gasteiger charge is -2.17. The summed E-state index contributed by atoms with van der Waals surface area (Å²) in [6, 6.07) is 8.83. The number of rotatable bonds is 11. The van der Waals surface area contributed by atoms with Gasteiger partial charge >= 0.3 is 11.9 Å². The normalized spacial score (nSPS) is 11.8. The van der Waals surface area contributed by atoms with Crippen molar-refractivity contribution in [2.45, 2.75) is 40.0 Å². The Morgan fingerprint density at radius 3 is 2.46 bits per heavy atom. The molecule has 1 aromatic heterocycles. The van der Waals surface area contributed by atoms with Crippen LogP contribution in [-0.2, 0) is 25.5 Å². The number of aromatic nitrogens is 2. The number of ketones is 1. The van der Waals surface area contributed by atoms with Crippen LogP contribution in [0.15, 0.2) is 41.1 Å². The van der Waals surface area contributed by atoms with Crippen LogP contribution in [0.25, 0.3) is 10.9 Å². The molecule has 1 heterocycles. The van der Waals surface area contributed by atoms with Gasteiger partial charge in [0.25, 0.3) is 0 Å². The second-order valence-corrected chi connectivity index (χ2v) is 9.95. The van der Waals surface area contributed by atoms with Crippen molar-refractivity contribution < 1.29 is 28.6 Å². The minimum atomic E-state index is -0.487. The van der Waals surface area contributed by atoms with Crippen molar-refractivity contribution in [1.82, 2.24) is 9.97 Å². The number of hydrogen-bond donors (Lipinski definition) is 1. The highest BCUT2D eigenvalue weighted by atomic mass is 79.9. The fourth-order valence-corrected chi connectivity index (χ4v) is 4.42. The van der Waals surface area contributed by atoms with E-state index in [4.69, 9.17) is 14.2 Å². The van der Waals surface area contributed by atoms with Crippen LogP contribution in [0.3, 0.4) is 0 Å². The number of benzene rings is 2. The summed E-state index contributed by atoms with van der Waals surface area (Å²) in [5.74, 6) is -0.0991. The highest BCUT2D eigenvalue weighted by Gasteiger charge is 2.24. The number of ether oxygens (including phenoxy) is 3. The van der Waals surface area contributed by atoms with Gasteiger partial charge in [-0.05, 0) is 36.1 Å². The Labute approximate surface area is 224 Å². The van der Waals surface area contributed by atoms with E-state index >= 15 is 0 Å². The van der Waals surface area contributed by atoms with Crippen molar-refractivity contribution >= 4 is 56.1 Å². The number of methoxy groups -OCH3 is 2. The largest absolute Gasteiger partial charge is 0.493 e. The van der Waals surface area contributed by atoms with Crippen LogP contribution in [0.1, 0.15) is 39.2 Å². The van der Waals surface area contributed by atoms with Gasteiger partial charge in [-0.15, -0.1) is 0 Å².